The van der Waals surface area contributed by atoms with E-state index < -0.39 is 52.5 Å². The van der Waals surface area contributed by atoms with Gasteiger partial charge in [-0.1, -0.05) is 32.0 Å². The number of imide groups is 1. The molecule has 42 heavy (non-hydrogen) atoms. The summed E-state index contributed by atoms with van der Waals surface area (Å²) >= 11 is 0. The van der Waals surface area contributed by atoms with Crippen molar-refractivity contribution in [2.45, 2.75) is 45.8 Å². The number of para-hydroxylation sites is 1. The van der Waals surface area contributed by atoms with E-state index in [0.29, 0.717) is 5.56 Å². The highest BCUT2D eigenvalue weighted by Crippen LogP contribution is 2.40. The van der Waals surface area contributed by atoms with Crippen LogP contribution in [0.5, 0.6) is 17.2 Å². The summed E-state index contributed by atoms with van der Waals surface area (Å²) in [6.45, 7) is 7.02. The van der Waals surface area contributed by atoms with Crippen molar-refractivity contribution in [2.75, 3.05) is 0 Å². The summed E-state index contributed by atoms with van der Waals surface area (Å²) in [5, 5.41) is -0.227. The fourth-order valence-corrected chi connectivity index (χ4v) is 4.68. The molecule has 2 heterocycles. The van der Waals surface area contributed by atoms with Crippen molar-refractivity contribution >= 4 is 28.8 Å². The molecular formula is C31H24F3NO7. The normalized spacial score (nSPS) is 13.3. The lowest BCUT2D eigenvalue weighted by atomic mass is 10.0. The topological polar surface area (TPSA) is 103 Å². The van der Waals surface area contributed by atoms with Gasteiger partial charge in [0.05, 0.1) is 22.1 Å². The minimum atomic E-state index is -5.08. The van der Waals surface area contributed by atoms with Gasteiger partial charge >= 0.3 is 12.1 Å². The van der Waals surface area contributed by atoms with Crippen molar-refractivity contribution in [1.29, 1.82) is 0 Å². The SMILES string of the molecule is CC(C)c1ccccc1Oc1c(C(F)(F)F)oc2cc(OC(=O)c3ccc4c(c3)C(=O)N(C(C)C)C4=O)ccc2c1=O. The monoisotopic (exact) mass is 579 g/mol. The number of benzene rings is 3. The molecule has 8 nitrogen and oxygen atoms in total. The fourth-order valence-electron chi connectivity index (χ4n) is 4.68. The molecular weight excluding hydrogens is 555 g/mol. The van der Waals surface area contributed by atoms with Crippen LogP contribution < -0.4 is 14.9 Å². The predicted molar refractivity (Wildman–Crippen MR) is 145 cm³/mol. The van der Waals surface area contributed by atoms with Gasteiger partial charge in [0.1, 0.15) is 17.1 Å². The summed E-state index contributed by atoms with van der Waals surface area (Å²) < 4.78 is 58.1. The highest BCUT2D eigenvalue weighted by molar-refractivity contribution is 6.22. The van der Waals surface area contributed by atoms with Crippen LogP contribution in [0.15, 0.2) is 69.9 Å². The van der Waals surface area contributed by atoms with E-state index in [4.69, 9.17) is 13.9 Å². The largest absolute Gasteiger partial charge is 0.453 e. The molecule has 0 saturated carbocycles. The van der Waals surface area contributed by atoms with Crippen molar-refractivity contribution < 1.29 is 41.4 Å². The average Bonchev–Trinajstić information content (AvgIpc) is 3.18. The molecule has 216 valence electrons. The molecule has 0 aliphatic carbocycles. The van der Waals surface area contributed by atoms with E-state index in [9.17, 15) is 32.3 Å². The lowest BCUT2D eigenvalue weighted by molar-refractivity contribution is -0.154. The maximum Gasteiger partial charge on any atom is 0.453 e. The third-order valence-corrected chi connectivity index (χ3v) is 6.71. The molecule has 11 heteroatoms. The van der Waals surface area contributed by atoms with Crippen molar-refractivity contribution in [2.24, 2.45) is 0 Å². The number of halogens is 3. The van der Waals surface area contributed by atoms with Gasteiger partial charge in [-0.05, 0) is 61.7 Å². The van der Waals surface area contributed by atoms with Gasteiger partial charge in [0.2, 0.25) is 11.2 Å². The molecule has 3 aromatic carbocycles. The number of ether oxygens (including phenoxy) is 2. The Bertz CT molecular complexity index is 1820. The molecule has 0 atom stereocenters. The van der Waals surface area contributed by atoms with E-state index in [1.807, 2.05) is 13.8 Å². The molecule has 0 bridgehead atoms. The molecule has 4 aromatic rings. The molecule has 2 amide bonds. The Labute approximate surface area is 237 Å². The number of hydrogen-bond donors (Lipinski definition) is 0. The number of fused-ring (bicyclic) bond motifs is 2. The second-order valence-corrected chi connectivity index (χ2v) is 10.3. The van der Waals surface area contributed by atoms with Crippen LogP contribution in [0.25, 0.3) is 11.0 Å². The maximum atomic E-state index is 14.0. The van der Waals surface area contributed by atoms with Crippen LogP contribution >= 0.6 is 0 Å². The van der Waals surface area contributed by atoms with Gasteiger partial charge in [0.15, 0.2) is 0 Å². The minimum Gasteiger partial charge on any atom is -0.449 e. The van der Waals surface area contributed by atoms with E-state index in [-0.39, 0.29) is 39.5 Å². The zero-order chi connectivity index (χ0) is 30.5. The molecule has 0 fully saturated rings. The third kappa shape index (κ3) is 5.02. The molecule has 0 radical (unpaired) electrons. The molecule has 0 unspecified atom stereocenters. The zero-order valence-corrected chi connectivity index (χ0v) is 22.9. The second-order valence-electron chi connectivity index (χ2n) is 10.3. The number of rotatable bonds is 6. The van der Waals surface area contributed by atoms with Gasteiger partial charge in [0.25, 0.3) is 17.6 Å². The lowest BCUT2D eigenvalue weighted by Gasteiger charge is -2.17. The third-order valence-electron chi connectivity index (χ3n) is 6.71. The Morgan fingerprint density at radius 1 is 0.881 bits per heavy atom. The molecule has 1 aromatic heterocycles. The first-order valence-electron chi connectivity index (χ1n) is 13.0. The minimum absolute atomic E-state index is 0.0362. The number of alkyl halides is 3. The first-order chi connectivity index (χ1) is 19.8. The van der Waals surface area contributed by atoms with E-state index in [2.05, 4.69) is 0 Å². The highest BCUT2D eigenvalue weighted by Gasteiger charge is 2.41. The zero-order valence-electron chi connectivity index (χ0n) is 22.9. The number of amides is 2. The Balaban J connectivity index is 1.49. The van der Waals surface area contributed by atoms with Gasteiger partial charge in [-0.2, -0.15) is 13.2 Å². The second kappa shape index (κ2) is 10.5. The Morgan fingerprint density at radius 2 is 1.57 bits per heavy atom. The summed E-state index contributed by atoms with van der Waals surface area (Å²) in [6.07, 6.45) is -5.08. The van der Waals surface area contributed by atoms with Crippen LogP contribution in [0.3, 0.4) is 0 Å². The summed E-state index contributed by atoms with van der Waals surface area (Å²) in [6, 6.07) is 13.3. The van der Waals surface area contributed by atoms with Gasteiger partial charge < -0.3 is 13.9 Å². The van der Waals surface area contributed by atoms with Crippen molar-refractivity contribution in [3.8, 4) is 17.2 Å². The highest BCUT2D eigenvalue weighted by atomic mass is 19.4. The molecule has 0 saturated heterocycles. The summed E-state index contributed by atoms with van der Waals surface area (Å²) in [4.78, 5) is 52.3. The number of nitrogens with zero attached hydrogens (tertiary/aromatic N) is 1. The van der Waals surface area contributed by atoms with Crippen molar-refractivity contribution in [3.05, 3.63) is 98.9 Å². The van der Waals surface area contributed by atoms with E-state index in [0.717, 1.165) is 17.0 Å². The number of esters is 1. The van der Waals surface area contributed by atoms with Crippen LogP contribution in [0.1, 0.15) is 76.0 Å². The first kappa shape index (κ1) is 28.6. The number of carbonyl (C=O) groups excluding carboxylic acids is 3. The predicted octanol–water partition coefficient (Wildman–Crippen LogP) is 6.95. The summed E-state index contributed by atoms with van der Waals surface area (Å²) in [7, 11) is 0. The summed E-state index contributed by atoms with van der Waals surface area (Å²) in [5.74, 6) is -4.86. The van der Waals surface area contributed by atoms with Gasteiger partial charge in [-0.3, -0.25) is 19.3 Å². The van der Waals surface area contributed by atoms with Crippen LogP contribution in [-0.4, -0.2) is 28.7 Å². The van der Waals surface area contributed by atoms with Gasteiger partial charge in [-0.25, -0.2) is 4.79 Å². The standard InChI is InChI=1S/C31H24F3NO7/c1-15(2)19-7-5-6-8-23(19)41-26-25(36)21-12-10-18(14-24(21)42-27(26)31(32,33)34)40-30(39)17-9-11-20-22(13-17)29(38)35(16(3)4)28(20)37/h5-16H,1-4H3. The van der Waals surface area contributed by atoms with Crippen LogP contribution in [0.4, 0.5) is 13.2 Å². The van der Waals surface area contributed by atoms with E-state index >= 15 is 0 Å². The Kier molecular flexibility index (Phi) is 7.13. The number of carbonyl (C=O) groups is 3. The summed E-state index contributed by atoms with van der Waals surface area (Å²) in [5.41, 5.74) is -0.825. The van der Waals surface area contributed by atoms with Gasteiger partial charge in [0, 0.05) is 12.1 Å². The van der Waals surface area contributed by atoms with E-state index in [1.165, 1.54) is 30.3 Å². The fraction of sp³-hybridized carbons (Fsp3) is 0.226. The molecule has 0 spiro atoms. The maximum absolute atomic E-state index is 14.0. The van der Waals surface area contributed by atoms with Crippen LogP contribution in [0, 0.1) is 0 Å². The average molecular weight is 580 g/mol. The van der Waals surface area contributed by atoms with Crippen LogP contribution in [0.2, 0.25) is 0 Å². The quantitative estimate of drug-likeness (QED) is 0.138. The van der Waals surface area contributed by atoms with Crippen molar-refractivity contribution in [3.63, 3.8) is 0 Å². The number of hydrogen-bond acceptors (Lipinski definition) is 7. The first-order valence-corrected chi connectivity index (χ1v) is 13.0. The Morgan fingerprint density at radius 3 is 2.24 bits per heavy atom. The van der Waals surface area contributed by atoms with Crippen molar-refractivity contribution in [1.82, 2.24) is 4.90 Å². The lowest BCUT2D eigenvalue weighted by Crippen LogP contribution is -2.35. The molecule has 1 aliphatic rings. The molecule has 5 rings (SSSR count). The van der Waals surface area contributed by atoms with Crippen LogP contribution in [-0.2, 0) is 6.18 Å². The smallest absolute Gasteiger partial charge is 0.449 e. The van der Waals surface area contributed by atoms with E-state index in [1.54, 1.807) is 32.0 Å². The molecule has 1 aliphatic heterocycles. The Hall–Kier alpha value is -4.93. The molecule has 0 N–H and O–H groups in total. The van der Waals surface area contributed by atoms with Gasteiger partial charge in [-0.15, -0.1) is 0 Å².